The van der Waals surface area contributed by atoms with Gasteiger partial charge in [0.25, 0.3) is 5.91 Å². The van der Waals surface area contributed by atoms with Gasteiger partial charge in [-0.25, -0.2) is 9.37 Å². The van der Waals surface area contributed by atoms with Gasteiger partial charge in [-0.2, -0.15) is 5.26 Å². The van der Waals surface area contributed by atoms with E-state index in [-0.39, 0.29) is 11.7 Å². The average Bonchev–Trinajstić information content (AvgIpc) is 2.88. The summed E-state index contributed by atoms with van der Waals surface area (Å²) in [5.74, 6) is -0.184. The van der Waals surface area contributed by atoms with Crippen molar-refractivity contribution in [3.8, 4) is 17.3 Å². The van der Waals surface area contributed by atoms with E-state index in [1.807, 2.05) is 30.3 Å². The van der Waals surface area contributed by atoms with Crippen LogP contribution in [0.3, 0.4) is 0 Å². The summed E-state index contributed by atoms with van der Waals surface area (Å²) in [5, 5.41) is 15.6. The van der Waals surface area contributed by atoms with Crippen LogP contribution in [0.25, 0.3) is 11.3 Å². The van der Waals surface area contributed by atoms with Crippen molar-refractivity contribution in [2.75, 3.05) is 11.9 Å². The minimum absolute atomic E-state index is 0.287. The summed E-state index contributed by atoms with van der Waals surface area (Å²) >= 11 is 0. The Morgan fingerprint density at radius 2 is 1.85 bits per heavy atom. The van der Waals surface area contributed by atoms with E-state index < -0.39 is 0 Å². The second-order valence-corrected chi connectivity index (χ2v) is 7.60. The average molecular weight is 452 g/mol. The first-order valence-corrected chi connectivity index (χ1v) is 10.8. The van der Waals surface area contributed by atoms with Crippen molar-refractivity contribution in [3.63, 3.8) is 0 Å². The second kappa shape index (κ2) is 10.8. The number of rotatable bonds is 8. The topological polar surface area (TPSA) is 90.7 Å². The molecule has 0 saturated carbocycles. The molecule has 0 saturated heterocycles. The van der Waals surface area contributed by atoms with Gasteiger partial charge in [0.1, 0.15) is 11.6 Å². The van der Waals surface area contributed by atoms with Crippen LogP contribution in [0.2, 0.25) is 0 Å². The molecule has 2 aromatic carbocycles. The summed E-state index contributed by atoms with van der Waals surface area (Å²) in [6, 6.07) is 22.9. The van der Waals surface area contributed by atoms with E-state index in [1.165, 1.54) is 12.1 Å². The van der Waals surface area contributed by atoms with E-state index in [0.717, 1.165) is 11.1 Å². The number of anilines is 1. The highest BCUT2D eigenvalue weighted by molar-refractivity contribution is 5.99. The van der Waals surface area contributed by atoms with Gasteiger partial charge in [0.2, 0.25) is 0 Å². The van der Waals surface area contributed by atoms with Gasteiger partial charge < -0.3 is 10.6 Å². The van der Waals surface area contributed by atoms with Gasteiger partial charge in [-0.05, 0) is 53.9 Å². The monoisotopic (exact) mass is 451 g/mol. The number of benzene rings is 2. The molecule has 4 rings (SSSR count). The van der Waals surface area contributed by atoms with Crippen LogP contribution in [0.1, 0.15) is 27.0 Å². The van der Waals surface area contributed by atoms with Crippen molar-refractivity contribution in [3.05, 3.63) is 113 Å². The van der Waals surface area contributed by atoms with Crippen LogP contribution in [-0.4, -0.2) is 22.4 Å². The Hall–Kier alpha value is -4.57. The Morgan fingerprint density at radius 1 is 1.00 bits per heavy atom. The van der Waals surface area contributed by atoms with E-state index >= 15 is 0 Å². The van der Waals surface area contributed by atoms with Crippen LogP contribution in [0.15, 0.2) is 85.2 Å². The lowest BCUT2D eigenvalue weighted by Gasteiger charge is -2.14. The van der Waals surface area contributed by atoms with E-state index in [0.29, 0.717) is 47.7 Å². The highest BCUT2D eigenvalue weighted by Crippen LogP contribution is 2.25. The number of hydrogen-bond donors (Lipinski definition) is 2. The molecule has 1 amide bonds. The quantitative estimate of drug-likeness (QED) is 0.404. The zero-order valence-electron chi connectivity index (χ0n) is 18.3. The van der Waals surface area contributed by atoms with Crippen molar-refractivity contribution < 1.29 is 9.18 Å². The molecule has 2 heterocycles. The SMILES string of the molecule is N#Cc1ccccc1-c1ccc(C(=O)NCc2cccnc2)c(NCCc2cccc(F)c2)n1. The lowest BCUT2D eigenvalue weighted by molar-refractivity contribution is 0.0951. The summed E-state index contributed by atoms with van der Waals surface area (Å²) in [5.41, 5.74) is 3.84. The molecule has 0 atom stereocenters. The number of carbonyl (C=O) groups excluding carboxylic acids is 1. The molecular formula is C27H22FN5O. The number of nitrogens with zero attached hydrogens (tertiary/aromatic N) is 3. The molecule has 6 nitrogen and oxygen atoms in total. The maximum Gasteiger partial charge on any atom is 0.255 e. The van der Waals surface area contributed by atoms with Gasteiger partial charge in [-0.3, -0.25) is 9.78 Å². The van der Waals surface area contributed by atoms with Gasteiger partial charge in [-0.1, -0.05) is 36.4 Å². The first kappa shape index (κ1) is 22.6. The van der Waals surface area contributed by atoms with Gasteiger partial charge in [0, 0.05) is 31.0 Å². The maximum absolute atomic E-state index is 13.5. The fraction of sp³-hybridized carbons (Fsp3) is 0.111. The number of carbonyl (C=O) groups is 1. The third-order valence-corrected chi connectivity index (χ3v) is 5.23. The minimum atomic E-state index is -0.291. The lowest BCUT2D eigenvalue weighted by atomic mass is 10.0. The number of nitrogens with one attached hydrogen (secondary N) is 2. The Labute approximate surface area is 197 Å². The second-order valence-electron chi connectivity index (χ2n) is 7.60. The predicted octanol–water partition coefficient (Wildman–Crippen LogP) is 4.74. The standard InChI is InChI=1S/C27H22FN5O/c28-22-8-3-5-19(15-22)12-14-31-26-24(27(34)32-18-20-6-4-13-30-17-20)10-11-25(33-26)23-9-2-1-7-21(23)16-29/h1-11,13,15,17H,12,14,18H2,(H,31,33)(H,32,34). The Bertz CT molecular complexity index is 1330. The molecule has 34 heavy (non-hydrogen) atoms. The summed E-state index contributed by atoms with van der Waals surface area (Å²) in [6.07, 6.45) is 3.92. The van der Waals surface area contributed by atoms with Crippen molar-refractivity contribution in [2.24, 2.45) is 0 Å². The van der Waals surface area contributed by atoms with E-state index in [4.69, 9.17) is 0 Å². The Kier molecular flexibility index (Phi) is 7.21. The number of halogens is 1. The molecule has 0 spiro atoms. The fourth-order valence-electron chi connectivity index (χ4n) is 3.53. The zero-order valence-corrected chi connectivity index (χ0v) is 18.3. The van der Waals surface area contributed by atoms with E-state index in [2.05, 4.69) is 26.7 Å². The van der Waals surface area contributed by atoms with Crippen molar-refractivity contribution in [1.82, 2.24) is 15.3 Å². The lowest BCUT2D eigenvalue weighted by Crippen LogP contribution is -2.25. The van der Waals surface area contributed by atoms with E-state index in [1.54, 1.807) is 42.7 Å². The van der Waals surface area contributed by atoms with Gasteiger partial charge >= 0.3 is 0 Å². The maximum atomic E-state index is 13.5. The summed E-state index contributed by atoms with van der Waals surface area (Å²) in [4.78, 5) is 21.7. The molecule has 2 aromatic heterocycles. The molecule has 0 aliphatic heterocycles. The van der Waals surface area contributed by atoms with Crippen LogP contribution in [0, 0.1) is 17.1 Å². The minimum Gasteiger partial charge on any atom is -0.369 e. The molecule has 4 aromatic rings. The first-order chi connectivity index (χ1) is 16.6. The van der Waals surface area contributed by atoms with Gasteiger partial charge in [-0.15, -0.1) is 0 Å². The number of pyridine rings is 2. The number of nitriles is 1. The number of amides is 1. The molecule has 0 fully saturated rings. The van der Waals surface area contributed by atoms with Crippen LogP contribution in [0.4, 0.5) is 10.2 Å². The molecule has 0 radical (unpaired) electrons. The van der Waals surface area contributed by atoms with Crippen molar-refractivity contribution in [1.29, 1.82) is 5.26 Å². The van der Waals surface area contributed by atoms with Crippen LogP contribution >= 0.6 is 0 Å². The van der Waals surface area contributed by atoms with Gasteiger partial charge in [0.15, 0.2) is 0 Å². The molecular weight excluding hydrogens is 429 g/mol. The first-order valence-electron chi connectivity index (χ1n) is 10.8. The van der Waals surface area contributed by atoms with E-state index in [9.17, 15) is 14.4 Å². The highest BCUT2D eigenvalue weighted by Gasteiger charge is 2.16. The predicted molar refractivity (Wildman–Crippen MR) is 128 cm³/mol. The fourth-order valence-corrected chi connectivity index (χ4v) is 3.53. The summed E-state index contributed by atoms with van der Waals surface area (Å²) < 4.78 is 13.5. The molecule has 168 valence electrons. The Balaban J connectivity index is 1.58. The zero-order chi connectivity index (χ0) is 23.8. The number of hydrogen-bond acceptors (Lipinski definition) is 5. The number of aromatic nitrogens is 2. The Morgan fingerprint density at radius 3 is 2.65 bits per heavy atom. The normalized spacial score (nSPS) is 10.4. The highest BCUT2D eigenvalue weighted by atomic mass is 19.1. The smallest absolute Gasteiger partial charge is 0.255 e. The van der Waals surface area contributed by atoms with Crippen molar-refractivity contribution >= 4 is 11.7 Å². The summed E-state index contributed by atoms with van der Waals surface area (Å²) in [7, 11) is 0. The third-order valence-electron chi connectivity index (χ3n) is 5.23. The molecule has 0 aliphatic carbocycles. The third kappa shape index (κ3) is 5.61. The van der Waals surface area contributed by atoms with Crippen LogP contribution in [0.5, 0.6) is 0 Å². The van der Waals surface area contributed by atoms with Crippen LogP contribution < -0.4 is 10.6 Å². The molecule has 2 N–H and O–H groups in total. The molecule has 7 heteroatoms. The molecule has 0 unspecified atom stereocenters. The molecule has 0 bridgehead atoms. The van der Waals surface area contributed by atoms with Gasteiger partial charge in [0.05, 0.1) is 22.9 Å². The summed E-state index contributed by atoms with van der Waals surface area (Å²) in [6.45, 7) is 0.775. The van der Waals surface area contributed by atoms with Crippen LogP contribution in [-0.2, 0) is 13.0 Å². The largest absolute Gasteiger partial charge is 0.369 e. The van der Waals surface area contributed by atoms with Crippen molar-refractivity contribution in [2.45, 2.75) is 13.0 Å². The molecule has 0 aliphatic rings.